The molecule has 0 spiro atoms. The first-order valence-electron chi connectivity index (χ1n) is 6.15. The maximum atomic E-state index is 5.57. The van der Waals surface area contributed by atoms with Crippen LogP contribution in [0.2, 0.25) is 0 Å². The lowest BCUT2D eigenvalue weighted by atomic mass is 10.3. The molecule has 0 radical (unpaired) electrons. The third-order valence-corrected chi connectivity index (χ3v) is 2.33. The van der Waals surface area contributed by atoms with Gasteiger partial charge in [0.25, 0.3) is 0 Å². The van der Waals surface area contributed by atoms with E-state index in [4.69, 9.17) is 8.92 Å². The highest BCUT2D eigenvalue weighted by atomic mass is 32.2. The summed E-state index contributed by atoms with van der Waals surface area (Å²) in [6.45, 7) is 6.95. The number of rotatable bonds is 6. The predicted molar refractivity (Wildman–Crippen MR) is 76.6 cm³/mol. The summed E-state index contributed by atoms with van der Waals surface area (Å²) >= 11 is 1.39. The van der Waals surface area contributed by atoms with E-state index in [0.29, 0.717) is 6.61 Å². The fourth-order valence-electron chi connectivity index (χ4n) is 1.06. The summed E-state index contributed by atoms with van der Waals surface area (Å²) < 4.78 is 11.0. The lowest BCUT2D eigenvalue weighted by Crippen LogP contribution is -2.18. The van der Waals surface area contributed by atoms with E-state index in [1.54, 1.807) is 0 Å². The zero-order valence-corrected chi connectivity index (χ0v) is 12.1. The molecule has 0 aliphatic heterocycles. The van der Waals surface area contributed by atoms with Crippen LogP contribution in [0.3, 0.4) is 0 Å². The van der Waals surface area contributed by atoms with E-state index in [-0.39, 0.29) is 6.10 Å². The lowest BCUT2D eigenvalue weighted by Gasteiger charge is -2.14. The summed E-state index contributed by atoms with van der Waals surface area (Å²) in [4.78, 5) is 0. The summed E-state index contributed by atoms with van der Waals surface area (Å²) in [6.07, 6.45) is 4.31. The van der Waals surface area contributed by atoms with Crippen LogP contribution in [0.25, 0.3) is 0 Å². The number of hydrogen-bond acceptors (Lipinski definition) is 3. The molecule has 1 rings (SSSR count). The first kappa shape index (κ1) is 16.3. The molecule has 2 nitrogen and oxygen atoms in total. The van der Waals surface area contributed by atoms with Crippen molar-refractivity contribution in [2.45, 2.75) is 39.7 Å². The van der Waals surface area contributed by atoms with Gasteiger partial charge in [-0.3, -0.25) is 0 Å². The normalized spacial score (nSPS) is 11.3. The smallest absolute Gasteiger partial charge is 0.119 e. The highest BCUT2D eigenvalue weighted by Crippen LogP contribution is 2.12. The fraction of sp³-hybridized carbons (Fsp3) is 0.571. The number of para-hydroxylation sites is 1. The van der Waals surface area contributed by atoms with Gasteiger partial charge in [0.05, 0.1) is 0 Å². The molecular weight excluding hydrogens is 232 g/mol. The van der Waals surface area contributed by atoms with Crippen LogP contribution in [0.4, 0.5) is 0 Å². The van der Waals surface area contributed by atoms with E-state index in [1.165, 1.54) is 18.5 Å². The SMILES string of the molecule is CCC.CCC(COc1ccccc1)OSC. The van der Waals surface area contributed by atoms with Gasteiger partial charge in [-0.1, -0.05) is 45.4 Å². The van der Waals surface area contributed by atoms with Crippen molar-refractivity contribution in [1.82, 2.24) is 0 Å². The summed E-state index contributed by atoms with van der Waals surface area (Å²) in [5.74, 6) is 0.899. The molecule has 0 aromatic heterocycles. The number of hydrogen-bond donors (Lipinski definition) is 0. The molecule has 1 unspecified atom stereocenters. The minimum atomic E-state index is 0.171. The first-order valence-corrected chi connectivity index (χ1v) is 7.30. The number of benzene rings is 1. The Morgan fingerprint density at radius 3 is 2.18 bits per heavy atom. The number of ether oxygens (including phenoxy) is 1. The first-order chi connectivity index (χ1) is 8.28. The van der Waals surface area contributed by atoms with Crippen molar-refractivity contribution in [3.63, 3.8) is 0 Å². The third kappa shape index (κ3) is 9.07. The Morgan fingerprint density at radius 2 is 1.71 bits per heavy atom. The van der Waals surface area contributed by atoms with Gasteiger partial charge in [-0.05, 0) is 30.6 Å². The molecule has 0 fully saturated rings. The molecule has 0 aliphatic carbocycles. The van der Waals surface area contributed by atoms with E-state index in [9.17, 15) is 0 Å². The maximum Gasteiger partial charge on any atom is 0.119 e. The zero-order chi connectivity index (χ0) is 12.9. The second kappa shape index (κ2) is 11.8. The van der Waals surface area contributed by atoms with Crippen LogP contribution in [-0.4, -0.2) is 19.0 Å². The molecule has 98 valence electrons. The van der Waals surface area contributed by atoms with E-state index in [0.717, 1.165) is 12.2 Å². The van der Waals surface area contributed by atoms with E-state index < -0.39 is 0 Å². The monoisotopic (exact) mass is 256 g/mol. The Bertz CT molecular complexity index is 252. The second-order valence-electron chi connectivity index (χ2n) is 3.62. The molecule has 0 heterocycles. The average molecular weight is 256 g/mol. The highest BCUT2D eigenvalue weighted by Gasteiger charge is 2.06. The molecule has 0 amide bonds. The molecule has 1 atom stereocenters. The minimum Gasteiger partial charge on any atom is -0.491 e. The van der Waals surface area contributed by atoms with Crippen LogP contribution in [0.15, 0.2) is 30.3 Å². The van der Waals surface area contributed by atoms with Crippen LogP contribution in [0.5, 0.6) is 5.75 Å². The summed E-state index contributed by atoms with van der Waals surface area (Å²) in [7, 11) is 0. The molecule has 3 heteroatoms. The van der Waals surface area contributed by atoms with Gasteiger partial charge in [-0.15, -0.1) is 0 Å². The largest absolute Gasteiger partial charge is 0.491 e. The van der Waals surface area contributed by atoms with Crippen molar-refractivity contribution in [2.24, 2.45) is 0 Å². The van der Waals surface area contributed by atoms with Crippen LogP contribution in [-0.2, 0) is 4.18 Å². The molecule has 0 aliphatic rings. The summed E-state index contributed by atoms with van der Waals surface area (Å²) in [5.41, 5.74) is 0. The Morgan fingerprint density at radius 1 is 1.12 bits per heavy atom. The van der Waals surface area contributed by atoms with Crippen molar-refractivity contribution >= 4 is 12.0 Å². The van der Waals surface area contributed by atoms with Gasteiger partial charge in [0, 0.05) is 6.26 Å². The Balaban J connectivity index is 0.000000770. The maximum absolute atomic E-state index is 5.57. The molecule has 1 aromatic rings. The summed E-state index contributed by atoms with van der Waals surface area (Å²) in [6, 6.07) is 9.80. The van der Waals surface area contributed by atoms with Crippen LogP contribution in [0.1, 0.15) is 33.6 Å². The van der Waals surface area contributed by atoms with Crippen molar-refractivity contribution in [1.29, 1.82) is 0 Å². The summed E-state index contributed by atoms with van der Waals surface area (Å²) in [5, 5.41) is 0. The van der Waals surface area contributed by atoms with E-state index in [1.807, 2.05) is 36.6 Å². The Kier molecular flexibility index (Phi) is 11.3. The average Bonchev–Trinajstić information content (AvgIpc) is 2.37. The predicted octanol–water partition coefficient (Wildman–Crippen LogP) is 4.55. The minimum absolute atomic E-state index is 0.171. The highest BCUT2D eigenvalue weighted by molar-refractivity contribution is 7.93. The second-order valence-corrected chi connectivity index (χ2v) is 4.15. The molecule has 0 bridgehead atoms. The molecular formula is C14H24O2S. The van der Waals surface area contributed by atoms with Gasteiger partial charge in [0.1, 0.15) is 18.5 Å². The van der Waals surface area contributed by atoms with E-state index in [2.05, 4.69) is 20.8 Å². The Labute approximate surface area is 110 Å². The molecule has 0 saturated carbocycles. The topological polar surface area (TPSA) is 18.5 Å². The van der Waals surface area contributed by atoms with Gasteiger partial charge >= 0.3 is 0 Å². The molecule has 1 aromatic carbocycles. The van der Waals surface area contributed by atoms with Gasteiger partial charge in [0.15, 0.2) is 0 Å². The molecule has 17 heavy (non-hydrogen) atoms. The van der Waals surface area contributed by atoms with Gasteiger partial charge < -0.3 is 8.92 Å². The van der Waals surface area contributed by atoms with Crippen molar-refractivity contribution in [3.05, 3.63) is 30.3 Å². The van der Waals surface area contributed by atoms with Crippen LogP contribution < -0.4 is 4.74 Å². The van der Waals surface area contributed by atoms with Crippen LogP contribution in [0, 0.1) is 0 Å². The van der Waals surface area contributed by atoms with Gasteiger partial charge in [-0.2, -0.15) is 0 Å². The van der Waals surface area contributed by atoms with Gasteiger partial charge in [-0.25, -0.2) is 0 Å². The third-order valence-electron chi connectivity index (χ3n) is 1.87. The van der Waals surface area contributed by atoms with E-state index >= 15 is 0 Å². The van der Waals surface area contributed by atoms with Gasteiger partial charge in [0.2, 0.25) is 0 Å². The van der Waals surface area contributed by atoms with Crippen molar-refractivity contribution in [2.75, 3.05) is 12.9 Å². The molecule has 0 N–H and O–H groups in total. The zero-order valence-electron chi connectivity index (χ0n) is 11.3. The standard InChI is InChI=1S/C11H16O2S.C3H8/c1-3-10(13-14-2)9-12-11-7-5-4-6-8-11;1-3-2/h4-8,10H,3,9H2,1-2H3;3H2,1-2H3. The van der Waals surface area contributed by atoms with Crippen molar-refractivity contribution in [3.8, 4) is 5.75 Å². The van der Waals surface area contributed by atoms with Crippen LogP contribution >= 0.6 is 12.0 Å². The van der Waals surface area contributed by atoms with Crippen molar-refractivity contribution < 1.29 is 8.92 Å². The fourth-order valence-corrected chi connectivity index (χ4v) is 1.52. The Hall–Kier alpha value is -0.670. The lowest BCUT2D eigenvalue weighted by molar-refractivity contribution is 0.148. The molecule has 0 saturated heterocycles. The quantitative estimate of drug-likeness (QED) is 0.695.